The third-order valence-electron chi connectivity index (χ3n) is 7.53. The summed E-state index contributed by atoms with van der Waals surface area (Å²) in [7, 11) is 1.53. The zero-order valence-corrected chi connectivity index (χ0v) is 22.6. The first-order valence-corrected chi connectivity index (χ1v) is 13.2. The minimum absolute atomic E-state index is 0.0433. The molecule has 1 saturated carbocycles. The number of nitrogens with one attached hydrogen (secondary N) is 2. The number of carbonyl (C=O) groups excluding carboxylic acids is 2. The Bertz CT molecular complexity index is 1610. The Labute approximate surface area is 235 Å². The lowest BCUT2D eigenvalue weighted by Crippen LogP contribution is -2.45. The number of hydrogen-bond donors (Lipinski definition) is 2. The minimum atomic E-state index is -0.403. The van der Waals surface area contributed by atoms with Gasteiger partial charge in [0.1, 0.15) is 22.8 Å². The first-order chi connectivity index (χ1) is 19.4. The van der Waals surface area contributed by atoms with Crippen molar-refractivity contribution in [3.05, 3.63) is 72.2 Å². The van der Waals surface area contributed by atoms with Gasteiger partial charge in [-0.15, -0.1) is 5.10 Å². The lowest BCUT2D eigenvalue weighted by atomic mass is 9.91. The zero-order chi connectivity index (χ0) is 27.9. The molecule has 2 amide bonds. The fourth-order valence-electron chi connectivity index (χ4n) is 5.25. The number of aromatic nitrogens is 6. The van der Waals surface area contributed by atoms with Crippen LogP contribution in [0.15, 0.2) is 61.4 Å². The van der Waals surface area contributed by atoms with Gasteiger partial charge >= 0.3 is 0 Å². The average Bonchev–Trinajstić information content (AvgIpc) is 3.34. The summed E-state index contributed by atoms with van der Waals surface area (Å²) in [6.07, 6.45) is 7.95. The van der Waals surface area contributed by atoms with Crippen molar-refractivity contribution in [2.24, 2.45) is 5.41 Å². The van der Waals surface area contributed by atoms with Crippen LogP contribution in [0.5, 0.6) is 5.75 Å². The Morgan fingerprint density at radius 1 is 1.25 bits per heavy atom. The van der Waals surface area contributed by atoms with Crippen molar-refractivity contribution < 1.29 is 14.3 Å². The molecule has 4 aromatic rings. The number of anilines is 1. The molecule has 40 heavy (non-hydrogen) atoms. The molecule has 1 atom stereocenters. The van der Waals surface area contributed by atoms with Gasteiger partial charge in [0.15, 0.2) is 0 Å². The van der Waals surface area contributed by atoms with Crippen LogP contribution in [0.4, 0.5) is 5.69 Å². The lowest BCUT2D eigenvalue weighted by molar-refractivity contribution is -0.129. The summed E-state index contributed by atoms with van der Waals surface area (Å²) < 4.78 is 7.43. The maximum atomic E-state index is 13.0. The number of benzene rings is 1. The lowest BCUT2D eigenvalue weighted by Gasteiger charge is -2.37. The third kappa shape index (κ3) is 4.95. The largest absolute Gasteiger partial charge is 0.495 e. The first-order valence-electron chi connectivity index (χ1n) is 12.9. The van der Waals surface area contributed by atoms with Crippen LogP contribution >= 0.6 is 11.6 Å². The average molecular weight is 559 g/mol. The highest BCUT2D eigenvalue weighted by molar-refractivity contribution is 6.32. The standard InChI is InChI=1S/C28H27ClN8O3/c1-3-25(38)36-14-18(12-28(16-36)9-10-28)37-15-23(33-35-37)17-7-8-20(24(11-17)40-2)32-27(39)22-6-4-5-21(31-22)26-19(29)13-30-34-26/h3-8,11,13,15,18H,1,9-10,12,14,16H2,2H3,(H,30,34)(H,32,39). The fraction of sp³-hybridized carbons (Fsp3) is 0.286. The van der Waals surface area contributed by atoms with Crippen LogP contribution in [0.1, 0.15) is 35.8 Å². The van der Waals surface area contributed by atoms with Crippen molar-refractivity contribution >= 4 is 29.1 Å². The highest BCUT2D eigenvalue weighted by Crippen LogP contribution is 2.54. The van der Waals surface area contributed by atoms with E-state index in [1.165, 1.54) is 19.4 Å². The number of amides is 2. The molecule has 2 fully saturated rings. The Kier molecular flexibility index (Phi) is 6.59. The zero-order valence-electron chi connectivity index (χ0n) is 21.8. The highest BCUT2D eigenvalue weighted by atomic mass is 35.5. The van der Waals surface area contributed by atoms with Gasteiger partial charge in [0, 0.05) is 18.7 Å². The Morgan fingerprint density at radius 2 is 2.10 bits per heavy atom. The van der Waals surface area contributed by atoms with Gasteiger partial charge in [0.2, 0.25) is 5.91 Å². The minimum Gasteiger partial charge on any atom is -0.495 e. The second-order valence-electron chi connectivity index (χ2n) is 10.2. The molecule has 1 unspecified atom stereocenters. The van der Waals surface area contributed by atoms with Crippen LogP contribution in [0, 0.1) is 5.41 Å². The molecule has 12 heteroatoms. The summed E-state index contributed by atoms with van der Waals surface area (Å²) in [4.78, 5) is 31.7. The second kappa shape index (κ2) is 10.2. The number of nitrogens with zero attached hydrogens (tertiary/aromatic N) is 6. The Hall–Kier alpha value is -4.51. The van der Waals surface area contributed by atoms with Gasteiger partial charge in [-0.2, -0.15) is 5.10 Å². The Morgan fingerprint density at radius 3 is 2.83 bits per heavy atom. The quantitative estimate of drug-likeness (QED) is 0.322. The topological polar surface area (TPSA) is 131 Å². The predicted molar refractivity (Wildman–Crippen MR) is 149 cm³/mol. The molecule has 1 spiro atoms. The van der Waals surface area contributed by atoms with E-state index < -0.39 is 5.91 Å². The number of H-pyrrole nitrogens is 1. The molecule has 2 N–H and O–H groups in total. The molecule has 3 aromatic heterocycles. The number of methoxy groups -OCH3 is 1. The summed E-state index contributed by atoms with van der Waals surface area (Å²) in [6.45, 7) is 5.00. The Balaban J connectivity index is 1.19. The smallest absolute Gasteiger partial charge is 0.274 e. The number of rotatable bonds is 7. The van der Waals surface area contributed by atoms with Crippen LogP contribution in [0.2, 0.25) is 5.02 Å². The van der Waals surface area contributed by atoms with Crippen molar-refractivity contribution in [3.8, 4) is 28.4 Å². The summed E-state index contributed by atoms with van der Waals surface area (Å²) in [6, 6.07) is 10.5. The SMILES string of the molecule is C=CC(=O)N1CC(n2cc(-c3ccc(NC(=O)c4cccc(-c5[nH]ncc5Cl)n4)c(OC)c3)nn2)CC2(CC2)C1. The van der Waals surface area contributed by atoms with Gasteiger partial charge in [-0.05, 0) is 55.0 Å². The van der Waals surface area contributed by atoms with Gasteiger partial charge in [-0.1, -0.05) is 35.5 Å². The molecule has 1 aliphatic carbocycles. The molecule has 0 bridgehead atoms. The number of hydrogen-bond acceptors (Lipinski definition) is 7. The van der Waals surface area contributed by atoms with Gasteiger partial charge in [0.25, 0.3) is 5.91 Å². The van der Waals surface area contributed by atoms with E-state index in [4.69, 9.17) is 16.3 Å². The first kappa shape index (κ1) is 25.8. The number of pyridine rings is 1. The van der Waals surface area contributed by atoms with Crippen LogP contribution < -0.4 is 10.1 Å². The molecule has 2 aliphatic rings. The van der Waals surface area contributed by atoms with Crippen molar-refractivity contribution in [2.75, 3.05) is 25.5 Å². The molecular formula is C28H27ClN8O3. The second-order valence-corrected chi connectivity index (χ2v) is 10.6. The summed E-state index contributed by atoms with van der Waals surface area (Å²) in [5.74, 6) is 0.00986. The number of likely N-dealkylation sites (tertiary alicyclic amines) is 1. The molecule has 6 rings (SSSR count). The summed E-state index contributed by atoms with van der Waals surface area (Å²) in [5.41, 5.74) is 3.36. The van der Waals surface area contributed by atoms with Crippen LogP contribution in [-0.2, 0) is 4.79 Å². The van der Waals surface area contributed by atoms with E-state index in [1.54, 1.807) is 30.3 Å². The van der Waals surface area contributed by atoms with E-state index in [0.717, 1.165) is 31.4 Å². The van der Waals surface area contributed by atoms with Gasteiger partial charge in [-0.25, -0.2) is 9.67 Å². The van der Waals surface area contributed by atoms with Crippen LogP contribution in [0.25, 0.3) is 22.6 Å². The van der Waals surface area contributed by atoms with Crippen molar-refractivity contribution in [3.63, 3.8) is 0 Å². The van der Waals surface area contributed by atoms with E-state index in [0.29, 0.717) is 40.1 Å². The normalized spacial score (nSPS) is 17.4. The number of aromatic amines is 1. The van der Waals surface area contributed by atoms with Crippen molar-refractivity contribution in [2.45, 2.75) is 25.3 Å². The molecule has 1 aliphatic heterocycles. The molecule has 204 valence electrons. The molecule has 11 nitrogen and oxygen atoms in total. The van der Waals surface area contributed by atoms with E-state index in [-0.39, 0.29) is 23.1 Å². The highest BCUT2D eigenvalue weighted by Gasteiger charge is 2.49. The molecule has 4 heterocycles. The number of carbonyl (C=O) groups is 2. The van der Waals surface area contributed by atoms with Gasteiger partial charge in [-0.3, -0.25) is 14.7 Å². The van der Waals surface area contributed by atoms with E-state index in [2.05, 4.69) is 37.4 Å². The monoisotopic (exact) mass is 558 g/mol. The molecule has 1 saturated heterocycles. The summed E-state index contributed by atoms with van der Waals surface area (Å²) in [5, 5.41) is 18.8. The van der Waals surface area contributed by atoms with E-state index in [9.17, 15) is 9.59 Å². The molecular weight excluding hydrogens is 532 g/mol. The fourth-order valence-corrected chi connectivity index (χ4v) is 5.43. The predicted octanol–water partition coefficient (Wildman–Crippen LogP) is 4.38. The van der Waals surface area contributed by atoms with Crippen LogP contribution in [0.3, 0.4) is 0 Å². The molecule has 1 aromatic carbocycles. The van der Waals surface area contributed by atoms with E-state index in [1.807, 2.05) is 21.8 Å². The maximum absolute atomic E-state index is 13.0. The van der Waals surface area contributed by atoms with Crippen LogP contribution in [-0.4, -0.2) is 67.1 Å². The van der Waals surface area contributed by atoms with Crippen molar-refractivity contribution in [1.82, 2.24) is 35.1 Å². The van der Waals surface area contributed by atoms with E-state index >= 15 is 0 Å². The summed E-state index contributed by atoms with van der Waals surface area (Å²) >= 11 is 6.15. The van der Waals surface area contributed by atoms with Gasteiger partial charge < -0.3 is 15.0 Å². The third-order valence-corrected chi connectivity index (χ3v) is 7.82. The maximum Gasteiger partial charge on any atom is 0.274 e. The number of halogens is 1. The number of ether oxygens (including phenoxy) is 1. The number of piperidine rings is 1. The molecule has 0 radical (unpaired) electrons. The van der Waals surface area contributed by atoms with Crippen molar-refractivity contribution in [1.29, 1.82) is 0 Å². The van der Waals surface area contributed by atoms with Gasteiger partial charge in [0.05, 0.1) is 41.9 Å².